The lowest BCUT2D eigenvalue weighted by molar-refractivity contribution is 0.557. The summed E-state index contributed by atoms with van der Waals surface area (Å²) in [5, 5.41) is 3.45. The van der Waals surface area contributed by atoms with Crippen LogP contribution in [0.4, 0.5) is 0 Å². The van der Waals surface area contributed by atoms with Crippen LogP contribution in [0, 0.1) is 0 Å². The third kappa shape index (κ3) is 1.10. The zero-order valence-electron chi connectivity index (χ0n) is 5.16. The van der Waals surface area contributed by atoms with E-state index in [-0.39, 0.29) is 0 Å². The van der Waals surface area contributed by atoms with Crippen molar-refractivity contribution in [3.05, 3.63) is 24.2 Å². The van der Waals surface area contributed by atoms with Gasteiger partial charge in [0.05, 0.1) is 12.0 Å². The van der Waals surface area contributed by atoms with Crippen molar-refractivity contribution in [3.63, 3.8) is 0 Å². The topological polar surface area (TPSA) is 51.5 Å². The fraction of sp³-hybridized carbons (Fsp3) is 0.167. The molecule has 3 nitrogen and oxygen atoms in total. The molecule has 1 rings (SSSR count). The molecule has 0 aromatic carbocycles. The highest BCUT2D eigenvalue weighted by atomic mass is 16.3. The van der Waals surface area contributed by atoms with E-state index in [0.717, 1.165) is 5.76 Å². The summed E-state index contributed by atoms with van der Waals surface area (Å²) in [6.07, 6.45) is 1.59. The average molecular weight is 124 g/mol. The van der Waals surface area contributed by atoms with Crippen molar-refractivity contribution in [1.82, 2.24) is 0 Å². The van der Waals surface area contributed by atoms with Gasteiger partial charge in [-0.1, -0.05) is 0 Å². The SMILES string of the molecule is CC(=NN)c1ccco1. The van der Waals surface area contributed by atoms with E-state index in [1.54, 1.807) is 19.3 Å². The van der Waals surface area contributed by atoms with E-state index in [0.29, 0.717) is 5.71 Å². The number of hydrogen-bond donors (Lipinski definition) is 1. The molecule has 48 valence electrons. The van der Waals surface area contributed by atoms with E-state index in [9.17, 15) is 0 Å². The molecule has 0 aliphatic rings. The maximum Gasteiger partial charge on any atom is 0.149 e. The van der Waals surface area contributed by atoms with E-state index in [1.807, 2.05) is 6.07 Å². The summed E-state index contributed by atoms with van der Waals surface area (Å²) in [6, 6.07) is 3.61. The van der Waals surface area contributed by atoms with Crippen LogP contribution in [-0.4, -0.2) is 5.71 Å². The maximum absolute atomic E-state index is 4.99. The third-order valence-corrected chi connectivity index (χ3v) is 1.07. The molecule has 0 aliphatic heterocycles. The molecule has 0 saturated carbocycles. The second kappa shape index (κ2) is 2.35. The van der Waals surface area contributed by atoms with Gasteiger partial charge in [0.25, 0.3) is 0 Å². The van der Waals surface area contributed by atoms with Crippen LogP contribution in [0.1, 0.15) is 12.7 Å². The first-order chi connectivity index (χ1) is 4.34. The Bertz CT molecular complexity index is 201. The summed E-state index contributed by atoms with van der Waals surface area (Å²) in [4.78, 5) is 0. The third-order valence-electron chi connectivity index (χ3n) is 1.07. The number of furan rings is 1. The smallest absolute Gasteiger partial charge is 0.149 e. The number of nitrogens with two attached hydrogens (primary N) is 1. The monoisotopic (exact) mass is 124 g/mol. The quantitative estimate of drug-likeness (QED) is 0.344. The van der Waals surface area contributed by atoms with E-state index in [2.05, 4.69) is 5.10 Å². The molecule has 0 spiro atoms. The van der Waals surface area contributed by atoms with Gasteiger partial charge in [-0.3, -0.25) is 0 Å². The first kappa shape index (κ1) is 5.88. The van der Waals surface area contributed by atoms with Crippen LogP contribution in [-0.2, 0) is 0 Å². The van der Waals surface area contributed by atoms with Crippen LogP contribution in [0.25, 0.3) is 0 Å². The minimum absolute atomic E-state index is 0.708. The van der Waals surface area contributed by atoms with Gasteiger partial charge in [0.15, 0.2) is 0 Å². The Hall–Kier alpha value is -1.25. The van der Waals surface area contributed by atoms with Crippen molar-refractivity contribution in [1.29, 1.82) is 0 Å². The second-order valence-electron chi connectivity index (χ2n) is 1.69. The van der Waals surface area contributed by atoms with Crippen molar-refractivity contribution in [2.24, 2.45) is 10.9 Å². The van der Waals surface area contributed by atoms with Gasteiger partial charge in [-0.05, 0) is 19.1 Å². The van der Waals surface area contributed by atoms with Crippen LogP contribution in [0.5, 0.6) is 0 Å². The van der Waals surface area contributed by atoms with Gasteiger partial charge in [0, 0.05) is 0 Å². The molecule has 1 aromatic heterocycles. The second-order valence-corrected chi connectivity index (χ2v) is 1.69. The summed E-state index contributed by atoms with van der Waals surface area (Å²) in [5.41, 5.74) is 0.708. The van der Waals surface area contributed by atoms with Crippen LogP contribution in [0.15, 0.2) is 27.9 Å². The molecule has 1 heterocycles. The van der Waals surface area contributed by atoms with E-state index < -0.39 is 0 Å². The summed E-state index contributed by atoms with van der Waals surface area (Å²) < 4.78 is 4.98. The number of nitrogens with zero attached hydrogens (tertiary/aromatic N) is 1. The van der Waals surface area contributed by atoms with E-state index in [1.165, 1.54) is 0 Å². The summed E-state index contributed by atoms with van der Waals surface area (Å²) >= 11 is 0. The Morgan fingerprint density at radius 1 is 1.78 bits per heavy atom. The Morgan fingerprint density at radius 3 is 3.00 bits per heavy atom. The first-order valence-electron chi connectivity index (χ1n) is 2.63. The van der Waals surface area contributed by atoms with Gasteiger partial charge in [0.1, 0.15) is 5.76 Å². The summed E-state index contributed by atoms with van der Waals surface area (Å²) in [5.74, 6) is 5.71. The van der Waals surface area contributed by atoms with Crippen LogP contribution >= 0.6 is 0 Å². The van der Waals surface area contributed by atoms with Crippen molar-refractivity contribution in [3.8, 4) is 0 Å². The normalized spacial score (nSPS) is 11.9. The zero-order valence-corrected chi connectivity index (χ0v) is 5.16. The molecule has 0 saturated heterocycles. The average Bonchev–Trinajstić information content (AvgIpc) is 2.37. The van der Waals surface area contributed by atoms with Crippen molar-refractivity contribution >= 4 is 5.71 Å². The summed E-state index contributed by atoms with van der Waals surface area (Å²) in [7, 11) is 0. The Labute approximate surface area is 53.2 Å². The Morgan fingerprint density at radius 2 is 2.56 bits per heavy atom. The van der Waals surface area contributed by atoms with Gasteiger partial charge in [-0.15, -0.1) is 0 Å². The van der Waals surface area contributed by atoms with Gasteiger partial charge in [0.2, 0.25) is 0 Å². The molecular formula is C6H8N2O. The zero-order chi connectivity index (χ0) is 6.69. The fourth-order valence-corrected chi connectivity index (χ4v) is 0.548. The van der Waals surface area contributed by atoms with Crippen LogP contribution in [0.3, 0.4) is 0 Å². The molecule has 0 amide bonds. The standard InChI is InChI=1S/C6H8N2O/c1-5(8-7)6-3-2-4-9-6/h2-4H,7H2,1H3. The molecule has 1 aromatic rings. The number of hydrazone groups is 1. The molecule has 0 atom stereocenters. The van der Waals surface area contributed by atoms with Crippen molar-refractivity contribution < 1.29 is 4.42 Å². The highest BCUT2D eigenvalue weighted by Crippen LogP contribution is 1.99. The van der Waals surface area contributed by atoms with Crippen LogP contribution < -0.4 is 5.84 Å². The molecule has 0 radical (unpaired) electrons. The Kier molecular flexibility index (Phi) is 1.53. The molecule has 9 heavy (non-hydrogen) atoms. The van der Waals surface area contributed by atoms with Crippen LogP contribution in [0.2, 0.25) is 0 Å². The number of rotatable bonds is 1. The van der Waals surface area contributed by atoms with Crippen molar-refractivity contribution in [2.75, 3.05) is 0 Å². The Balaban J connectivity index is 2.90. The summed E-state index contributed by atoms with van der Waals surface area (Å²) in [6.45, 7) is 1.79. The molecule has 3 heteroatoms. The number of hydrogen-bond acceptors (Lipinski definition) is 3. The van der Waals surface area contributed by atoms with Gasteiger partial charge >= 0.3 is 0 Å². The largest absolute Gasteiger partial charge is 0.463 e. The highest BCUT2D eigenvalue weighted by molar-refractivity contribution is 5.95. The van der Waals surface area contributed by atoms with E-state index >= 15 is 0 Å². The molecule has 2 N–H and O–H groups in total. The minimum Gasteiger partial charge on any atom is -0.463 e. The van der Waals surface area contributed by atoms with Gasteiger partial charge in [-0.2, -0.15) is 5.10 Å². The maximum atomic E-state index is 4.99. The van der Waals surface area contributed by atoms with Gasteiger partial charge in [-0.25, -0.2) is 0 Å². The first-order valence-corrected chi connectivity index (χ1v) is 2.63. The molecule has 0 fully saturated rings. The predicted molar refractivity (Wildman–Crippen MR) is 35.1 cm³/mol. The lowest BCUT2D eigenvalue weighted by atomic mass is 10.3. The predicted octanol–water partition coefficient (Wildman–Crippen LogP) is 0.962. The lowest BCUT2D eigenvalue weighted by Gasteiger charge is -1.88. The van der Waals surface area contributed by atoms with E-state index in [4.69, 9.17) is 10.3 Å². The minimum atomic E-state index is 0.708. The van der Waals surface area contributed by atoms with Crippen molar-refractivity contribution in [2.45, 2.75) is 6.92 Å². The molecule has 0 unspecified atom stereocenters. The molecule has 0 aliphatic carbocycles. The lowest BCUT2D eigenvalue weighted by Crippen LogP contribution is -1.95. The fourth-order valence-electron chi connectivity index (χ4n) is 0.548. The highest BCUT2D eigenvalue weighted by Gasteiger charge is 1.96. The molecular weight excluding hydrogens is 116 g/mol. The van der Waals surface area contributed by atoms with Gasteiger partial charge < -0.3 is 10.3 Å². The molecule has 0 bridgehead atoms.